The molecule has 0 unspecified atom stereocenters. The summed E-state index contributed by atoms with van der Waals surface area (Å²) in [7, 11) is 0. The van der Waals surface area contributed by atoms with E-state index in [9.17, 15) is 13.6 Å². The highest BCUT2D eigenvalue weighted by atomic mass is 19.1. The first-order chi connectivity index (χ1) is 14.0. The fourth-order valence-electron chi connectivity index (χ4n) is 3.43. The lowest BCUT2D eigenvalue weighted by Gasteiger charge is -2.06. The molecule has 0 bridgehead atoms. The first-order valence-electron chi connectivity index (χ1n) is 9.37. The number of anilines is 1. The summed E-state index contributed by atoms with van der Waals surface area (Å²) in [5, 5.41) is 3.74. The molecule has 3 aromatic carbocycles. The number of carbonyl (C=O) groups excluding carboxylic acids is 1. The molecule has 3 nitrogen and oxygen atoms in total. The van der Waals surface area contributed by atoms with Crippen LogP contribution in [0, 0.1) is 18.6 Å². The van der Waals surface area contributed by atoms with Crippen LogP contribution in [0.25, 0.3) is 10.9 Å². The van der Waals surface area contributed by atoms with Gasteiger partial charge in [0.15, 0.2) is 0 Å². The van der Waals surface area contributed by atoms with Gasteiger partial charge in [0.25, 0.3) is 0 Å². The van der Waals surface area contributed by atoms with E-state index in [-0.39, 0.29) is 24.0 Å². The number of hydrogen-bond donors (Lipinski definition) is 1. The summed E-state index contributed by atoms with van der Waals surface area (Å²) in [6.07, 6.45) is 2.12. The number of halogens is 2. The topological polar surface area (TPSA) is 34.0 Å². The Hall–Kier alpha value is -3.47. The summed E-state index contributed by atoms with van der Waals surface area (Å²) in [5.41, 5.74) is 3.83. The maximum atomic E-state index is 13.7. The second kappa shape index (κ2) is 7.87. The molecule has 4 rings (SSSR count). The second-order valence-corrected chi connectivity index (χ2v) is 7.11. The number of rotatable bonds is 5. The molecule has 0 fully saturated rings. The minimum atomic E-state index is -0.348. The van der Waals surface area contributed by atoms with Gasteiger partial charge in [0.05, 0.1) is 6.42 Å². The smallest absolute Gasteiger partial charge is 0.228 e. The molecule has 0 spiro atoms. The maximum absolute atomic E-state index is 13.7. The number of nitrogens with one attached hydrogen (secondary N) is 1. The fraction of sp³-hybridized carbons (Fsp3) is 0.125. The molecular formula is C24H20F2N2O. The zero-order valence-corrected chi connectivity index (χ0v) is 16.0. The average molecular weight is 390 g/mol. The molecule has 29 heavy (non-hydrogen) atoms. The zero-order valence-electron chi connectivity index (χ0n) is 16.0. The minimum Gasteiger partial charge on any atom is -0.343 e. The van der Waals surface area contributed by atoms with Gasteiger partial charge in [-0.3, -0.25) is 4.79 Å². The normalized spacial score (nSPS) is 11.0. The van der Waals surface area contributed by atoms with Gasteiger partial charge < -0.3 is 9.88 Å². The number of carbonyl (C=O) groups is 1. The van der Waals surface area contributed by atoms with Crippen LogP contribution in [-0.4, -0.2) is 10.5 Å². The van der Waals surface area contributed by atoms with Crippen molar-refractivity contribution in [2.45, 2.75) is 19.9 Å². The molecule has 0 aliphatic carbocycles. The maximum Gasteiger partial charge on any atom is 0.228 e. The van der Waals surface area contributed by atoms with Crippen molar-refractivity contribution in [2.24, 2.45) is 0 Å². The van der Waals surface area contributed by atoms with Crippen molar-refractivity contribution in [1.82, 2.24) is 4.57 Å². The molecule has 0 aliphatic heterocycles. The Balaban J connectivity index is 1.57. The van der Waals surface area contributed by atoms with E-state index in [2.05, 4.69) is 9.88 Å². The summed E-state index contributed by atoms with van der Waals surface area (Å²) < 4.78 is 29.0. The molecule has 0 aliphatic rings. The van der Waals surface area contributed by atoms with E-state index in [0.717, 1.165) is 22.0 Å². The Labute approximate surface area is 167 Å². The molecule has 0 saturated heterocycles. The number of para-hydroxylation sites is 1. The number of aromatic nitrogens is 1. The number of aryl methyl sites for hydroxylation is 1. The fourth-order valence-corrected chi connectivity index (χ4v) is 3.43. The van der Waals surface area contributed by atoms with Crippen molar-refractivity contribution in [1.29, 1.82) is 0 Å². The lowest BCUT2D eigenvalue weighted by atomic mass is 10.1. The SMILES string of the molecule is Cc1ccc(NC(=O)Cc2cn(Cc3ccc(F)cc3)c3ccccc23)cc1F. The molecule has 146 valence electrons. The van der Waals surface area contributed by atoms with Crippen molar-refractivity contribution in [2.75, 3.05) is 5.32 Å². The van der Waals surface area contributed by atoms with Crippen LogP contribution in [0.1, 0.15) is 16.7 Å². The van der Waals surface area contributed by atoms with Crippen LogP contribution in [0.4, 0.5) is 14.5 Å². The number of benzene rings is 3. The molecule has 0 atom stereocenters. The average Bonchev–Trinajstić information content (AvgIpc) is 3.04. The molecule has 0 saturated carbocycles. The number of nitrogens with zero attached hydrogens (tertiary/aromatic N) is 1. The highest BCUT2D eigenvalue weighted by Crippen LogP contribution is 2.24. The highest BCUT2D eigenvalue weighted by Gasteiger charge is 2.13. The lowest BCUT2D eigenvalue weighted by Crippen LogP contribution is -2.14. The van der Waals surface area contributed by atoms with Gasteiger partial charge in [0, 0.05) is 29.3 Å². The second-order valence-electron chi connectivity index (χ2n) is 7.11. The van der Waals surface area contributed by atoms with Gasteiger partial charge in [-0.1, -0.05) is 36.4 Å². The molecule has 1 N–H and O–H groups in total. The van der Waals surface area contributed by atoms with Crippen LogP contribution in [0.3, 0.4) is 0 Å². The zero-order chi connectivity index (χ0) is 20.4. The van der Waals surface area contributed by atoms with E-state index in [4.69, 9.17) is 0 Å². The minimum absolute atomic E-state index is 0.173. The quantitative estimate of drug-likeness (QED) is 0.483. The van der Waals surface area contributed by atoms with Crippen LogP contribution < -0.4 is 5.32 Å². The molecule has 5 heteroatoms. The Kier molecular flexibility index (Phi) is 5.12. The monoisotopic (exact) mass is 390 g/mol. The first kappa shape index (κ1) is 18.9. The van der Waals surface area contributed by atoms with Crippen LogP contribution >= 0.6 is 0 Å². The third-order valence-corrected chi connectivity index (χ3v) is 4.94. The lowest BCUT2D eigenvalue weighted by molar-refractivity contribution is -0.115. The van der Waals surface area contributed by atoms with Crippen molar-refractivity contribution >= 4 is 22.5 Å². The third-order valence-electron chi connectivity index (χ3n) is 4.94. The van der Waals surface area contributed by atoms with Crippen LogP contribution in [0.5, 0.6) is 0 Å². The molecule has 4 aromatic rings. The number of fused-ring (bicyclic) bond motifs is 1. The van der Waals surface area contributed by atoms with Gasteiger partial charge in [-0.05, 0) is 53.9 Å². The molecule has 0 radical (unpaired) electrons. The molecule has 1 aromatic heterocycles. The van der Waals surface area contributed by atoms with Crippen molar-refractivity contribution < 1.29 is 13.6 Å². The predicted molar refractivity (Wildman–Crippen MR) is 111 cm³/mol. The van der Waals surface area contributed by atoms with Gasteiger partial charge in [0.2, 0.25) is 5.91 Å². The molecule has 1 heterocycles. The largest absolute Gasteiger partial charge is 0.343 e. The summed E-state index contributed by atoms with van der Waals surface area (Å²) in [5.74, 6) is -0.826. The number of hydrogen-bond acceptors (Lipinski definition) is 1. The summed E-state index contributed by atoms with van der Waals surface area (Å²) >= 11 is 0. The predicted octanol–water partition coefficient (Wildman–Crippen LogP) is 5.46. The number of amides is 1. The molecular weight excluding hydrogens is 370 g/mol. The first-order valence-corrected chi connectivity index (χ1v) is 9.37. The van der Waals surface area contributed by atoms with Crippen LogP contribution in [0.2, 0.25) is 0 Å². The Morgan fingerprint density at radius 1 is 1.00 bits per heavy atom. The Morgan fingerprint density at radius 2 is 1.76 bits per heavy atom. The summed E-state index contributed by atoms with van der Waals surface area (Å²) in [4.78, 5) is 12.5. The van der Waals surface area contributed by atoms with Gasteiger partial charge in [-0.25, -0.2) is 8.78 Å². The van der Waals surface area contributed by atoms with Crippen molar-refractivity contribution in [3.05, 3.63) is 101 Å². The summed E-state index contributed by atoms with van der Waals surface area (Å²) in [6.45, 7) is 2.25. The van der Waals surface area contributed by atoms with Crippen molar-refractivity contribution in [3.8, 4) is 0 Å². The standard InChI is InChI=1S/C24H20F2N2O/c1-16-6-11-20(13-22(16)26)27-24(29)12-18-15-28(23-5-3-2-4-21(18)23)14-17-7-9-19(25)10-8-17/h2-11,13,15H,12,14H2,1H3,(H,27,29). The molecule has 1 amide bonds. The Morgan fingerprint density at radius 3 is 2.52 bits per heavy atom. The summed E-state index contributed by atoms with van der Waals surface area (Å²) in [6, 6.07) is 18.9. The van der Waals surface area contributed by atoms with Gasteiger partial charge in [-0.15, -0.1) is 0 Å². The van der Waals surface area contributed by atoms with E-state index in [1.165, 1.54) is 18.2 Å². The van der Waals surface area contributed by atoms with Gasteiger partial charge in [0.1, 0.15) is 11.6 Å². The van der Waals surface area contributed by atoms with Crippen LogP contribution in [0.15, 0.2) is 72.9 Å². The highest BCUT2D eigenvalue weighted by molar-refractivity contribution is 5.96. The van der Waals surface area contributed by atoms with E-state index in [1.54, 1.807) is 31.2 Å². The van der Waals surface area contributed by atoms with E-state index in [0.29, 0.717) is 17.8 Å². The Bertz CT molecular complexity index is 1180. The third kappa shape index (κ3) is 4.19. The van der Waals surface area contributed by atoms with Gasteiger partial charge >= 0.3 is 0 Å². The van der Waals surface area contributed by atoms with E-state index >= 15 is 0 Å². The van der Waals surface area contributed by atoms with Crippen molar-refractivity contribution in [3.63, 3.8) is 0 Å². The van der Waals surface area contributed by atoms with Crippen LogP contribution in [-0.2, 0) is 17.8 Å². The van der Waals surface area contributed by atoms with E-state index < -0.39 is 0 Å². The van der Waals surface area contributed by atoms with E-state index in [1.807, 2.05) is 30.5 Å². The van der Waals surface area contributed by atoms with Gasteiger partial charge in [-0.2, -0.15) is 0 Å².